The van der Waals surface area contributed by atoms with E-state index in [0.29, 0.717) is 18.1 Å². The number of hydrogen-bond donors (Lipinski definition) is 0. The van der Waals surface area contributed by atoms with Crippen molar-refractivity contribution in [2.24, 2.45) is 0 Å². The minimum Gasteiger partial charge on any atom is -0.493 e. The third-order valence-electron chi connectivity index (χ3n) is 3.07. The fourth-order valence-electron chi connectivity index (χ4n) is 1.95. The van der Waals surface area contributed by atoms with Crippen LogP contribution in [0.2, 0.25) is 0 Å². The van der Waals surface area contributed by atoms with Crippen molar-refractivity contribution in [3.8, 4) is 11.5 Å². The zero-order valence-corrected chi connectivity index (χ0v) is 18.6. The number of nitrogens with zero attached hydrogens (tertiary/aromatic N) is 3. The third kappa shape index (κ3) is 6.41. The molecule has 5 nitrogen and oxygen atoms in total. The molecule has 11 heteroatoms. The number of methoxy groups -OCH3 is 1. The zero-order chi connectivity index (χ0) is 20.2. The fraction of sp³-hybridized carbons (Fsp3) is 0.312. The van der Waals surface area contributed by atoms with E-state index < -0.39 is 7.59 Å². The van der Waals surface area contributed by atoms with E-state index in [1.54, 1.807) is 31.4 Å². The van der Waals surface area contributed by atoms with Gasteiger partial charge in [-0.1, -0.05) is 81.7 Å². The van der Waals surface area contributed by atoms with Crippen molar-refractivity contribution < 1.29 is 9.47 Å². The first-order chi connectivity index (χ1) is 12.5. The van der Waals surface area contributed by atoms with E-state index in [9.17, 15) is 0 Å². The van der Waals surface area contributed by atoms with Crippen LogP contribution >= 0.6 is 69.6 Å². The lowest BCUT2D eigenvalue weighted by Gasteiger charge is -2.14. The molecule has 1 heterocycles. The molecule has 2 aromatic rings. The van der Waals surface area contributed by atoms with E-state index in [2.05, 4.69) is 15.0 Å². The van der Waals surface area contributed by atoms with Gasteiger partial charge in [-0.3, -0.25) is 0 Å². The van der Waals surface area contributed by atoms with Crippen LogP contribution < -0.4 is 9.47 Å². The lowest BCUT2D eigenvalue weighted by atomic mass is 10.2. The highest BCUT2D eigenvalue weighted by atomic mass is 35.6. The summed E-state index contributed by atoms with van der Waals surface area (Å²) in [7, 11) is 1.55. The lowest BCUT2D eigenvalue weighted by molar-refractivity contribution is 0.311. The molecular formula is C16H13Cl6N3O2. The molecule has 0 N–H and O–H groups in total. The maximum absolute atomic E-state index is 5.85. The van der Waals surface area contributed by atoms with Crippen LogP contribution in [0.15, 0.2) is 18.2 Å². The van der Waals surface area contributed by atoms with Crippen LogP contribution in [0.4, 0.5) is 0 Å². The Labute approximate surface area is 186 Å². The van der Waals surface area contributed by atoms with E-state index in [1.807, 2.05) is 13.0 Å². The molecule has 0 saturated carbocycles. The number of ether oxygens (including phenoxy) is 2. The van der Waals surface area contributed by atoms with Crippen molar-refractivity contribution in [1.29, 1.82) is 0 Å². The Hall–Kier alpha value is -0.690. The van der Waals surface area contributed by atoms with Crippen molar-refractivity contribution in [3.63, 3.8) is 0 Å². The highest BCUT2D eigenvalue weighted by Gasteiger charge is 2.33. The quantitative estimate of drug-likeness (QED) is 0.473. The van der Waals surface area contributed by atoms with Crippen LogP contribution in [0.5, 0.6) is 11.5 Å². The van der Waals surface area contributed by atoms with Crippen LogP contribution in [-0.4, -0.2) is 28.7 Å². The predicted octanol–water partition coefficient (Wildman–Crippen LogP) is 6.10. The van der Waals surface area contributed by atoms with Gasteiger partial charge in [0.25, 0.3) is 0 Å². The van der Waals surface area contributed by atoms with Gasteiger partial charge < -0.3 is 9.47 Å². The Morgan fingerprint density at radius 1 is 0.889 bits per heavy atom. The number of aromatic nitrogens is 3. The van der Waals surface area contributed by atoms with Crippen molar-refractivity contribution in [2.45, 2.75) is 14.5 Å². The monoisotopic (exact) mass is 489 g/mol. The maximum Gasteiger partial charge on any atom is 0.250 e. The molecule has 2 rings (SSSR count). The number of alkyl halides is 6. The minimum atomic E-state index is -1.90. The minimum absolute atomic E-state index is 0.153. The molecule has 0 aliphatic carbocycles. The highest BCUT2D eigenvalue weighted by molar-refractivity contribution is 6.67. The number of hydrogen-bond acceptors (Lipinski definition) is 5. The molecule has 1 aromatic heterocycles. The Kier molecular flexibility index (Phi) is 7.70. The first kappa shape index (κ1) is 22.6. The third-order valence-corrected chi connectivity index (χ3v) is 4.09. The van der Waals surface area contributed by atoms with Crippen molar-refractivity contribution in [1.82, 2.24) is 15.0 Å². The van der Waals surface area contributed by atoms with Gasteiger partial charge in [-0.25, -0.2) is 15.0 Å². The fourth-order valence-corrected chi connectivity index (χ4v) is 2.46. The summed E-state index contributed by atoms with van der Waals surface area (Å²) in [5.41, 5.74) is 0.793. The van der Waals surface area contributed by atoms with Gasteiger partial charge in [-0.2, -0.15) is 0 Å². The van der Waals surface area contributed by atoms with Crippen molar-refractivity contribution >= 4 is 81.8 Å². The molecule has 0 unspecified atom stereocenters. The van der Waals surface area contributed by atoms with Crippen LogP contribution in [0.25, 0.3) is 12.2 Å². The summed E-state index contributed by atoms with van der Waals surface area (Å²) in [6.45, 7) is 2.41. The molecule has 0 radical (unpaired) electrons. The highest BCUT2D eigenvalue weighted by Crippen LogP contribution is 2.40. The van der Waals surface area contributed by atoms with Crippen molar-refractivity contribution in [2.75, 3.05) is 13.7 Å². The second-order valence-electron chi connectivity index (χ2n) is 5.01. The standard InChI is InChI=1S/C16H13Cl6N3O2/c1-3-27-10-6-4-9(8-11(10)26-2)5-7-12-23-13(15(17,18)19)25-14(24-12)16(20,21)22/h4-8H,3H2,1-2H3. The summed E-state index contributed by atoms with van der Waals surface area (Å²) in [5, 5.41) is 0. The van der Waals surface area contributed by atoms with E-state index in [-0.39, 0.29) is 17.5 Å². The number of halogens is 6. The smallest absolute Gasteiger partial charge is 0.250 e. The van der Waals surface area contributed by atoms with E-state index in [1.165, 1.54) is 0 Å². The largest absolute Gasteiger partial charge is 0.493 e. The first-order valence-corrected chi connectivity index (χ1v) is 9.70. The topological polar surface area (TPSA) is 57.1 Å². The van der Waals surface area contributed by atoms with E-state index >= 15 is 0 Å². The molecule has 146 valence electrons. The summed E-state index contributed by atoms with van der Waals surface area (Å²) in [4.78, 5) is 12.1. The SMILES string of the molecule is CCOc1ccc(C=Cc2nc(C(Cl)(Cl)Cl)nc(C(Cl)(Cl)Cl)n2)cc1OC. The molecule has 0 amide bonds. The first-order valence-electron chi connectivity index (χ1n) is 7.44. The maximum atomic E-state index is 5.85. The van der Waals surface area contributed by atoms with Gasteiger partial charge in [-0.05, 0) is 30.7 Å². The van der Waals surface area contributed by atoms with Gasteiger partial charge in [0.05, 0.1) is 13.7 Å². The summed E-state index contributed by atoms with van der Waals surface area (Å²) in [5.74, 6) is 1.05. The Balaban J connectivity index is 2.41. The molecule has 0 atom stereocenters. The molecule has 1 aromatic carbocycles. The molecule has 0 aliphatic heterocycles. The molecule has 0 aliphatic rings. The van der Waals surface area contributed by atoms with E-state index in [0.717, 1.165) is 5.56 Å². The van der Waals surface area contributed by atoms with Gasteiger partial charge >= 0.3 is 0 Å². The zero-order valence-electron chi connectivity index (χ0n) is 14.0. The lowest BCUT2D eigenvalue weighted by Crippen LogP contribution is -2.16. The van der Waals surface area contributed by atoms with Crippen molar-refractivity contribution in [3.05, 3.63) is 41.2 Å². The Bertz CT molecular complexity index is 802. The summed E-state index contributed by atoms with van der Waals surface area (Å²) < 4.78 is 6.99. The van der Waals surface area contributed by atoms with Crippen LogP contribution in [0.1, 0.15) is 30.0 Å². The second kappa shape index (κ2) is 9.21. The Morgan fingerprint density at radius 2 is 1.48 bits per heavy atom. The average molecular weight is 492 g/mol. The molecule has 0 spiro atoms. The molecule has 0 saturated heterocycles. The summed E-state index contributed by atoms with van der Waals surface area (Å²) >= 11 is 35.1. The normalized spacial score (nSPS) is 12.4. The number of rotatable bonds is 5. The van der Waals surface area contributed by atoms with Gasteiger partial charge in [0.2, 0.25) is 7.59 Å². The number of benzene rings is 1. The summed E-state index contributed by atoms with van der Waals surface area (Å²) in [6.07, 6.45) is 3.29. The molecule has 0 bridgehead atoms. The van der Waals surface area contributed by atoms with Crippen LogP contribution in [0, 0.1) is 0 Å². The Morgan fingerprint density at radius 3 is 1.96 bits per heavy atom. The van der Waals surface area contributed by atoms with Crippen LogP contribution in [0.3, 0.4) is 0 Å². The van der Waals surface area contributed by atoms with Gasteiger partial charge in [0.15, 0.2) is 29.0 Å². The van der Waals surface area contributed by atoms with Gasteiger partial charge in [-0.15, -0.1) is 0 Å². The average Bonchev–Trinajstić information content (AvgIpc) is 2.59. The molecule has 27 heavy (non-hydrogen) atoms. The van der Waals surface area contributed by atoms with Gasteiger partial charge in [0.1, 0.15) is 0 Å². The van der Waals surface area contributed by atoms with Crippen LogP contribution in [-0.2, 0) is 7.59 Å². The van der Waals surface area contributed by atoms with E-state index in [4.69, 9.17) is 79.1 Å². The van der Waals surface area contributed by atoms with Gasteiger partial charge in [0, 0.05) is 0 Å². The summed E-state index contributed by atoms with van der Waals surface area (Å²) in [6, 6.07) is 5.40. The molecular weight excluding hydrogens is 479 g/mol. The second-order valence-corrected chi connectivity index (χ2v) is 9.58. The molecule has 0 fully saturated rings. The predicted molar refractivity (Wildman–Crippen MR) is 111 cm³/mol.